The van der Waals surface area contributed by atoms with Gasteiger partial charge < -0.3 is 19.9 Å². The molecule has 138 valence electrons. The standard InChI is InChI=1S/C18H21N3O5/c1-11(12-5-7-13(8-6-12)21-10-4-9-19-21)20-16(22)14-15(17(23)24)26-18(2,3)25-14/h4-11,14-15H,1-3H3,(H,20,22)(H,23,24)/t11-,14-,15-/m1/s1. The molecule has 1 aliphatic heterocycles. The molecule has 1 amide bonds. The molecule has 0 spiro atoms. The number of carbonyl (C=O) groups is 2. The zero-order valence-corrected chi connectivity index (χ0v) is 14.7. The van der Waals surface area contributed by atoms with Crippen LogP contribution in [0, 0.1) is 0 Å². The van der Waals surface area contributed by atoms with Gasteiger partial charge in [-0.25, -0.2) is 9.48 Å². The van der Waals surface area contributed by atoms with Crippen molar-refractivity contribution >= 4 is 11.9 Å². The van der Waals surface area contributed by atoms with Crippen molar-refractivity contribution in [3.05, 3.63) is 48.3 Å². The van der Waals surface area contributed by atoms with Crippen LogP contribution in [0.15, 0.2) is 42.7 Å². The summed E-state index contributed by atoms with van der Waals surface area (Å²) in [4.78, 5) is 23.8. The average molecular weight is 359 g/mol. The molecule has 0 unspecified atom stereocenters. The lowest BCUT2D eigenvalue weighted by molar-refractivity contribution is -0.166. The summed E-state index contributed by atoms with van der Waals surface area (Å²) in [6.45, 7) is 4.97. The predicted molar refractivity (Wildman–Crippen MR) is 91.6 cm³/mol. The Labute approximate surface area is 150 Å². The molecule has 1 aliphatic rings. The molecule has 0 radical (unpaired) electrons. The van der Waals surface area contributed by atoms with E-state index in [9.17, 15) is 14.7 Å². The van der Waals surface area contributed by atoms with Crippen molar-refractivity contribution in [1.29, 1.82) is 0 Å². The summed E-state index contributed by atoms with van der Waals surface area (Å²) < 4.78 is 12.5. The minimum atomic E-state index is -1.33. The molecule has 1 aromatic heterocycles. The van der Waals surface area contributed by atoms with E-state index in [1.54, 1.807) is 24.7 Å². The lowest BCUT2D eigenvalue weighted by Crippen LogP contribution is -2.44. The number of benzene rings is 1. The first-order chi connectivity index (χ1) is 12.3. The fourth-order valence-corrected chi connectivity index (χ4v) is 2.85. The van der Waals surface area contributed by atoms with Gasteiger partial charge in [-0.1, -0.05) is 12.1 Å². The molecular formula is C18H21N3O5. The van der Waals surface area contributed by atoms with E-state index >= 15 is 0 Å². The van der Waals surface area contributed by atoms with E-state index < -0.39 is 29.9 Å². The smallest absolute Gasteiger partial charge is 0.336 e. The molecule has 0 aliphatic carbocycles. The van der Waals surface area contributed by atoms with Gasteiger partial charge in [-0.2, -0.15) is 5.10 Å². The lowest BCUT2D eigenvalue weighted by Gasteiger charge is -2.19. The van der Waals surface area contributed by atoms with Gasteiger partial charge in [0.15, 0.2) is 18.0 Å². The van der Waals surface area contributed by atoms with E-state index in [0.717, 1.165) is 11.3 Å². The molecule has 8 heteroatoms. The second-order valence-corrected chi connectivity index (χ2v) is 6.59. The SMILES string of the molecule is C[C@@H](NC(=O)[C@@H]1OC(C)(C)O[C@H]1C(=O)O)c1ccc(-n2cccn2)cc1. The van der Waals surface area contributed by atoms with Gasteiger partial charge >= 0.3 is 5.97 Å². The highest BCUT2D eigenvalue weighted by atomic mass is 16.8. The molecule has 8 nitrogen and oxygen atoms in total. The highest BCUT2D eigenvalue weighted by molar-refractivity contribution is 5.88. The van der Waals surface area contributed by atoms with Gasteiger partial charge in [-0.15, -0.1) is 0 Å². The molecule has 0 saturated carbocycles. The van der Waals surface area contributed by atoms with Crippen molar-refractivity contribution in [2.24, 2.45) is 0 Å². The Hall–Kier alpha value is -2.71. The number of nitrogens with one attached hydrogen (secondary N) is 1. The van der Waals surface area contributed by atoms with Crippen molar-refractivity contribution in [1.82, 2.24) is 15.1 Å². The summed E-state index contributed by atoms with van der Waals surface area (Å²) in [5, 5.41) is 16.2. The molecule has 2 aromatic rings. The Bertz CT molecular complexity index is 786. The third-order valence-electron chi connectivity index (χ3n) is 4.12. The molecule has 0 bridgehead atoms. The van der Waals surface area contributed by atoms with Gasteiger partial charge in [0.25, 0.3) is 5.91 Å². The lowest BCUT2D eigenvalue weighted by atomic mass is 10.1. The number of carboxylic acids is 1. The summed E-state index contributed by atoms with van der Waals surface area (Å²) in [5.41, 5.74) is 1.77. The largest absolute Gasteiger partial charge is 0.479 e. The van der Waals surface area contributed by atoms with Crippen LogP contribution in [0.25, 0.3) is 5.69 Å². The topological polar surface area (TPSA) is 103 Å². The Balaban J connectivity index is 1.68. The number of carbonyl (C=O) groups excluding carboxylic acids is 1. The van der Waals surface area contributed by atoms with Gasteiger partial charge in [-0.3, -0.25) is 4.79 Å². The highest BCUT2D eigenvalue weighted by Gasteiger charge is 2.49. The van der Waals surface area contributed by atoms with E-state index in [1.165, 1.54) is 0 Å². The number of nitrogens with zero attached hydrogens (tertiary/aromatic N) is 2. The Kier molecular flexibility index (Phi) is 4.80. The Morgan fingerprint density at radius 1 is 1.23 bits per heavy atom. The maximum atomic E-state index is 12.5. The zero-order valence-electron chi connectivity index (χ0n) is 14.7. The van der Waals surface area contributed by atoms with Crippen LogP contribution >= 0.6 is 0 Å². The van der Waals surface area contributed by atoms with Gasteiger partial charge in [0, 0.05) is 12.4 Å². The summed E-state index contributed by atoms with van der Waals surface area (Å²) in [6, 6.07) is 9.06. The molecule has 1 fully saturated rings. The number of amides is 1. The van der Waals surface area contributed by atoms with Crippen molar-refractivity contribution in [3.8, 4) is 5.69 Å². The van der Waals surface area contributed by atoms with Gasteiger partial charge in [0.2, 0.25) is 0 Å². The summed E-state index contributed by atoms with van der Waals surface area (Å²) in [5.74, 6) is -2.88. The van der Waals surface area contributed by atoms with Crippen molar-refractivity contribution in [2.75, 3.05) is 0 Å². The molecule has 1 aromatic carbocycles. The van der Waals surface area contributed by atoms with Crippen LogP contribution in [0.4, 0.5) is 0 Å². The van der Waals surface area contributed by atoms with Crippen LogP contribution in [0.2, 0.25) is 0 Å². The fourth-order valence-electron chi connectivity index (χ4n) is 2.85. The summed E-state index contributed by atoms with van der Waals surface area (Å²) in [7, 11) is 0. The van der Waals surface area contributed by atoms with Gasteiger partial charge in [0.1, 0.15) is 0 Å². The number of rotatable bonds is 5. The van der Waals surface area contributed by atoms with Crippen LogP contribution in [-0.4, -0.2) is 44.8 Å². The number of aliphatic carboxylic acids is 1. The molecule has 26 heavy (non-hydrogen) atoms. The van der Waals surface area contributed by atoms with Gasteiger partial charge in [-0.05, 0) is 44.5 Å². The van der Waals surface area contributed by atoms with E-state index in [0.29, 0.717) is 0 Å². The molecule has 1 saturated heterocycles. The van der Waals surface area contributed by atoms with E-state index in [1.807, 2.05) is 43.5 Å². The zero-order chi connectivity index (χ0) is 18.9. The second kappa shape index (κ2) is 6.89. The van der Waals surface area contributed by atoms with Crippen LogP contribution in [-0.2, 0) is 19.1 Å². The highest BCUT2D eigenvalue weighted by Crippen LogP contribution is 2.29. The minimum absolute atomic E-state index is 0.323. The normalized spacial score (nSPS) is 22.7. The minimum Gasteiger partial charge on any atom is -0.479 e. The number of aromatic nitrogens is 2. The third-order valence-corrected chi connectivity index (χ3v) is 4.12. The van der Waals surface area contributed by atoms with Gasteiger partial charge in [0.05, 0.1) is 11.7 Å². The van der Waals surface area contributed by atoms with E-state index in [2.05, 4.69) is 10.4 Å². The molecule has 3 atom stereocenters. The first-order valence-corrected chi connectivity index (χ1v) is 8.25. The maximum absolute atomic E-state index is 12.5. The van der Waals surface area contributed by atoms with E-state index in [-0.39, 0.29) is 6.04 Å². The van der Waals surface area contributed by atoms with Crippen LogP contribution < -0.4 is 5.32 Å². The monoisotopic (exact) mass is 359 g/mol. The molecule has 2 heterocycles. The van der Waals surface area contributed by atoms with Crippen molar-refractivity contribution in [3.63, 3.8) is 0 Å². The fraction of sp³-hybridized carbons (Fsp3) is 0.389. The van der Waals surface area contributed by atoms with Crippen LogP contribution in [0.5, 0.6) is 0 Å². The maximum Gasteiger partial charge on any atom is 0.336 e. The first-order valence-electron chi connectivity index (χ1n) is 8.25. The quantitative estimate of drug-likeness (QED) is 0.842. The Morgan fingerprint density at radius 3 is 2.46 bits per heavy atom. The molecule has 3 rings (SSSR count). The van der Waals surface area contributed by atoms with Crippen LogP contribution in [0.1, 0.15) is 32.4 Å². The van der Waals surface area contributed by atoms with Crippen molar-refractivity contribution in [2.45, 2.75) is 44.8 Å². The number of hydrogen-bond acceptors (Lipinski definition) is 5. The number of hydrogen-bond donors (Lipinski definition) is 2. The predicted octanol–water partition coefficient (Wildman–Crippen LogP) is 1.65. The number of carboxylic acid groups (broad SMARTS) is 1. The van der Waals surface area contributed by atoms with E-state index in [4.69, 9.17) is 9.47 Å². The summed E-state index contributed by atoms with van der Waals surface area (Å²) >= 11 is 0. The average Bonchev–Trinajstić information content (AvgIpc) is 3.22. The summed E-state index contributed by atoms with van der Waals surface area (Å²) in [6.07, 6.45) is 0.999. The molecule has 2 N–H and O–H groups in total. The molecular weight excluding hydrogens is 338 g/mol. The first kappa shape index (κ1) is 18.1. The van der Waals surface area contributed by atoms with Crippen molar-refractivity contribution < 1.29 is 24.2 Å². The Morgan fingerprint density at radius 2 is 1.88 bits per heavy atom. The van der Waals surface area contributed by atoms with Crippen LogP contribution in [0.3, 0.4) is 0 Å². The third kappa shape index (κ3) is 3.76. The number of ether oxygens (including phenoxy) is 2. The second-order valence-electron chi connectivity index (χ2n) is 6.59.